The SMILES string of the molecule is CNC(=O)c1cc(OCc2cccc(OCCCC(=O)O)c2CCC(=O)O)cc(-c2ccc3c(c2)OCCO3)c1. The van der Waals surface area contributed by atoms with Gasteiger partial charge in [0.25, 0.3) is 5.91 Å². The van der Waals surface area contributed by atoms with Crippen LogP contribution in [0.25, 0.3) is 11.1 Å². The van der Waals surface area contributed by atoms with Crippen LogP contribution in [-0.2, 0) is 22.6 Å². The van der Waals surface area contributed by atoms with Gasteiger partial charge in [0.05, 0.1) is 6.61 Å². The van der Waals surface area contributed by atoms with E-state index in [1.165, 1.54) is 0 Å². The van der Waals surface area contributed by atoms with E-state index in [-0.39, 0.29) is 38.4 Å². The van der Waals surface area contributed by atoms with Gasteiger partial charge in [-0.05, 0) is 65.9 Å². The van der Waals surface area contributed by atoms with Crippen LogP contribution in [0.3, 0.4) is 0 Å². The normalized spacial score (nSPS) is 11.9. The van der Waals surface area contributed by atoms with Crippen molar-refractivity contribution in [1.82, 2.24) is 5.32 Å². The quantitative estimate of drug-likeness (QED) is 0.266. The lowest BCUT2D eigenvalue weighted by Gasteiger charge is -2.19. The smallest absolute Gasteiger partial charge is 0.303 e. The van der Waals surface area contributed by atoms with Crippen molar-refractivity contribution in [1.29, 1.82) is 0 Å². The van der Waals surface area contributed by atoms with E-state index in [0.29, 0.717) is 53.8 Å². The van der Waals surface area contributed by atoms with Gasteiger partial charge in [0.15, 0.2) is 11.5 Å². The number of ether oxygens (including phenoxy) is 4. The van der Waals surface area contributed by atoms with Gasteiger partial charge in [-0.25, -0.2) is 0 Å². The van der Waals surface area contributed by atoms with E-state index < -0.39 is 11.9 Å². The Morgan fingerprint density at radius 3 is 2.40 bits per heavy atom. The zero-order chi connectivity index (χ0) is 28.5. The Hall–Kier alpha value is -4.73. The molecule has 0 bridgehead atoms. The molecular weight excluding hydrogens is 518 g/mol. The summed E-state index contributed by atoms with van der Waals surface area (Å²) in [6.07, 6.45) is 0.400. The Kier molecular flexibility index (Phi) is 9.45. The fourth-order valence-electron chi connectivity index (χ4n) is 4.31. The molecule has 0 aromatic heterocycles. The molecule has 4 rings (SSSR count). The molecule has 1 amide bonds. The number of aliphatic carboxylic acids is 2. The van der Waals surface area contributed by atoms with Crippen LogP contribution in [-0.4, -0.2) is 54.9 Å². The molecule has 0 saturated heterocycles. The molecule has 0 aliphatic carbocycles. The van der Waals surface area contributed by atoms with Crippen LogP contribution in [0.1, 0.15) is 40.7 Å². The molecule has 1 aliphatic heterocycles. The lowest BCUT2D eigenvalue weighted by Crippen LogP contribution is -2.18. The minimum absolute atomic E-state index is 0.0271. The van der Waals surface area contributed by atoms with E-state index in [0.717, 1.165) is 16.7 Å². The van der Waals surface area contributed by atoms with Gasteiger partial charge in [0.2, 0.25) is 0 Å². The van der Waals surface area contributed by atoms with Crippen LogP contribution in [0.4, 0.5) is 0 Å². The topological polar surface area (TPSA) is 141 Å². The molecule has 10 nitrogen and oxygen atoms in total. The van der Waals surface area contributed by atoms with Gasteiger partial charge in [-0.1, -0.05) is 18.2 Å². The summed E-state index contributed by atoms with van der Waals surface area (Å²) in [5.41, 5.74) is 3.37. The van der Waals surface area contributed by atoms with Crippen molar-refractivity contribution in [3.63, 3.8) is 0 Å². The highest BCUT2D eigenvalue weighted by atomic mass is 16.6. The third-order valence-electron chi connectivity index (χ3n) is 6.28. The van der Waals surface area contributed by atoms with Crippen molar-refractivity contribution >= 4 is 17.8 Å². The first kappa shape index (κ1) is 28.3. The molecule has 0 unspecified atom stereocenters. The summed E-state index contributed by atoms with van der Waals surface area (Å²) >= 11 is 0. The summed E-state index contributed by atoms with van der Waals surface area (Å²) in [7, 11) is 1.55. The highest BCUT2D eigenvalue weighted by molar-refractivity contribution is 5.96. The summed E-state index contributed by atoms with van der Waals surface area (Å²) < 4.78 is 23.3. The number of carbonyl (C=O) groups is 3. The summed E-state index contributed by atoms with van der Waals surface area (Å²) in [5, 5.41) is 20.8. The Bertz CT molecular complexity index is 1390. The van der Waals surface area contributed by atoms with Crippen molar-refractivity contribution < 1.29 is 43.5 Å². The third-order valence-corrected chi connectivity index (χ3v) is 6.28. The van der Waals surface area contributed by atoms with E-state index in [1.54, 1.807) is 31.3 Å². The zero-order valence-electron chi connectivity index (χ0n) is 22.1. The molecule has 10 heteroatoms. The number of carboxylic acid groups (broad SMARTS) is 2. The van der Waals surface area contributed by atoms with E-state index in [1.807, 2.05) is 30.3 Å². The Balaban J connectivity index is 1.60. The molecule has 3 aromatic rings. The van der Waals surface area contributed by atoms with E-state index in [2.05, 4.69) is 5.32 Å². The molecule has 0 radical (unpaired) electrons. The molecule has 0 fully saturated rings. The number of carboxylic acids is 2. The molecule has 3 aromatic carbocycles. The number of rotatable bonds is 13. The fraction of sp³-hybridized carbons (Fsp3) is 0.300. The number of fused-ring (bicyclic) bond motifs is 1. The third kappa shape index (κ3) is 7.43. The maximum Gasteiger partial charge on any atom is 0.303 e. The fourth-order valence-corrected chi connectivity index (χ4v) is 4.31. The lowest BCUT2D eigenvalue weighted by atomic mass is 10.0. The van der Waals surface area contributed by atoms with E-state index in [4.69, 9.17) is 24.1 Å². The number of carbonyl (C=O) groups excluding carboxylic acids is 1. The highest BCUT2D eigenvalue weighted by Crippen LogP contribution is 2.36. The van der Waals surface area contributed by atoms with Gasteiger partial charge in [-0.15, -0.1) is 0 Å². The maximum absolute atomic E-state index is 12.6. The van der Waals surface area contributed by atoms with Crippen molar-refractivity contribution in [2.24, 2.45) is 0 Å². The molecule has 0 atom stereocenters. The summed E-state index contributed by atoms with van der Waals surface area (Å²) in [6.45, 7) is 1.22. The first-order valence-electron chi connectivity index (χ1n) is 12.9. The predicted octanol–water partition coefficient (Wildman–Crippen LogP) is 4.32. The van der Waals surface area contributed by atoms with E-state index in [9.17, 15) is 19.5 Å². The number of nitrogens with one attached hydrogen (secondary N) is 1. The summed E-state index contributed by atoms with van der Waals surface area (Å²) in [4.78, 5) is 34.7. The zero-order valence-corrected chi connectivity index (χ0v) is 22.1. The molecule has 0 saturated carbocycles. The monoisotopic (exact) mass is 549 g/mol. The average molecular weight is 550 g/mol. The van der Waals surface area contributed by atoms with Crippen LogP contribution in [0.5, 0.6) is 23.0 Å². The van der Waals surface area contributed by atoms with Crippen LogP contribution >= 0.6 is 0 Å². The number of amides is 1. The predicted molar refractivity (Wildman–Crippen MR) is 145 cm³/mol. The van der Waals surface area contributed by atoms with Crippen LogP contribution < -0.4 is 24.3 Å². The van der Waals surface area contributed by atoms with Gasteiger partial charge >= 0.3 is 11.9 Å². The minimum Gasteiger partial charge on any atom is -0.493 e. The van der Waals surface area contributed by atoms with Gasteiger partial charge in [-0.2, -0.15) is 0 Å². The standard InChI is InChI=1S/C30H31NO9/c1-31-30(36)22-14-21(19-7-9-26-27(17-19)39-13-12-38-26)15-23(16-22)40-18-20-4-2-5-25(24(20)8-10-29(34)35)37-11-3-6-28(32)33/h2,4-5,7,9,14-17H,3,6,8,10-13,18H2,1H3,(H,31,36)(H,32,33)(H,34,35). The largest absolute Gasteiger partial charge is 0.493 e. The second kappa shape index (κ2) is 13.4. The average Bonchev–Trinajstić information content (AvgIpc) is 2.96. The Morgan fingerprint density at radius 2 is 1.65 bits per heavy atom. The van der Waals surface area contributed by atoms with Gasteiger partial charge in [-0.3, -0.25) is 14.4 Å². The molecule has 40 heavy (non-hydrogen) atoms. The first-order chi connectivity index (χ1) is 19.3. The molecule has 1 heterocycles. The maximum atomic E-state index is 12.6. The second-order valence-electron chi connectivity index (χ2n) is 9.11. The summed E-state index contributed by atoms with van der Waals surface area (Å²) in [6, 6.07) is 16.1. The van der Waals surface area contributed by atoms with Crippen molar-refractivity contribution in [2.75, 3.05) is 26.9 Å². The molecule has 1 aliphatic rings. The van der Waals surface area contributed by atoms with Crippen LogP contribution in [0, 0.1) is 0 Å². The number of hydrogen-bond acceptors (Lipinski definition) is 7. The summed E-state index contributed by atoms with van der Waals surface area (Å²) in [5.74, 6) is 0.0870. The Labute approximate surface area is 231 Å². The van der Waals surface area contributed by atoms with Gasteiger partial charge in [0, 0.05) is 31.0 Å². The van der Waals surface area contributed by atoms with Crippen LogP contribution in [0.2, 0.25) is 0 Å². The van der Waals surface area contributed by atoms with Gasteiger partial charge < -0.3 is 34.5 Å². The van der Waals surface area contributed by atoms with E-state index >= 15 is 0 Å². The second-order valence-corrected chi connectivity index (χ2v) is 9.11. The number of hydrogen-bond donors (Lipinski definition) is 3. The van der Waals surface area contributed by atoms with Crippen molar-refractivity contribution in [3.8, 4) is 34.1 Å². The van der Waals surface area contributed by atoms with Crippen LogP contribution in [0.15, 0.2) is 54.6 Å². The highest BCUT2D eigenvalue weighted by Gasteiger charge is 2.16. The first-order valence-corrected chi connectivity index (χ1v) is 12.9. The van der Waals surface area contributed by atoms with Crippen molar-refractivity contribution in [2.45, 2.75) is 32.3 Å². The van der Waals surface area contributed by atoms with Crippen molar-refractivity contribution in [3.05, 3.63) is 71.3 Å². The Morgan fingerprint density at radius 1 is 0.875 bits per heavy atom. The molecule has 3 N–H and O–H groups in total. The van der Waals surface area contributed by atoms with Gasteiger partial charge in [0.1, 0.15) is 31.3 Å². The molecular formula is C30H31NO9. The molecule has 210 valence electrons. The lowest BCUT2D eigenvalue weighted by molar-refractivity contribution is -0.138. The minimum atomic E-state index is -0.949. The molecule has 0 spiro atoms. The number of benzene rings is 3.